The molecule has 0 aliphatic heterocycles. The van der Waals surface area contributed by atoms with Crippen LogP contribution >= 0.6 is 0 Å². The first kappa shape index (κ1) is 20.5. The molecule has 0 atom stereocenters. The predicted octanol–water partition coefficient (Wildman–Crippen LogP) is 7.86. The van der Waals surface area contributed by atoms with Crippen LogP contribution in [0.5, 0.6) is 0 Å². The molecule has 0 radical (unpaired) electrons. The zero-order valence-corrected chi connectivity index (χ0v) is 18.8. The number of para-hydroxylation sites is 1. The third-order valence-electron chi connectivity index (χ3n) is 6.49. The van der Waals surface area contributed by atoms with E-state index in [4.69, 9.17) is 0 Å². The second-order valence-electron chi connectivity index (χ2n) is 8.42. The van der Waals surface area contributed by atoms with Crippen molar-refractivity contribution in [2.24, 2.45) is 0 Å². The summed E-state index contributed by atoms with van der Waals surface area (Å²) in [7, 11) is 0. The third kappa shape index (κ3) is 3.27. The number of fused-ring (bicyclic) bond motifs is 3. The summed E-state index contributed by atoms with van der Waals surface area (Å²) in [5.41, 5.74) is 7.99. The molecule has 0 amide bonds. The zero-order valence-electron chi connectivity index (χ0n) is 18.8. The van der Waals surface area contributed by atoms with Gasteiger partial charge in [-0.25, -0.2) is 0 Å². The van der Waals surface area contributed by atoms with Crippen molar-refractivity contribution in [2.75, 3.05) is 0 Å². The number of nitriles is 2. The summed E-state index contributed by atoms with van der Waals surface area (Å²) < 4.78 is 2.25. The monoisotopic (exact) mass is 445 g/mol. The van der Waals surface area contributed by atoms with Crippen molar-refractivity contribution in [1.82, 2.24) is 4.57 Å². The second-order valence-corrected chi connectivity index (χ2v) is 8.42. The Morgan fingerprint density at radius 3 is 1.89 bits per heavy atom. The molecule has 35 heavy (non-hydrogen) atoms. The van der Waals surface area contributed by atoms with Gasteiger partial charge in [-0.3, -0.25) is 0 Å². The van der Waals surface area contributed by atoms with Crippen LogP contribution in [0.25, 0.3) is 49.7 Å². The van der Waals surface area contributed by atoms with Gasteiger partial charge in [0, 0.05) is 22.0 Å². The lowest BCUT2D eigenvalue weighted by Crippen LogP contribution is -1.94. The Morgan fingerprint density at radius 2 is 1.20 bits per heavy atom. The minimum absolute atomic E-state index is 0.497. The highest BCUT2D eigenvalue weighted by atomic mass is 15.0. The number of rotatable bonds is 3. The summed E-state index contributed by atoms with van der Waals surface area (Å²) in [5.74, 6) is 0. The van der Waals surface area contributed by atoms with Gasteiger partial charge in [0.1, 0.15) is 0 Å². The molecule has 1 heterocycles. The maximum atomic E-state index is 9.90. The standard InChI is InChI=1S/C32H19N3/c33-20-24-11-7-12-25(21-34)31(24)27-15-8-16-30-32(27)28-19-23(22-9-3-1-4-10-22)17-18-29(28)35(30)26-13-5-2-6-14-26/h1-19H. The van der Waals surface area contributed by atoms with Crippen LogP contribution in [0.4, 0.5) is 0 Å². The van der Waals surface area contributed by atoms with Gasteiger partial charge < -0.3 is 4.57 Å². The van der Waals surface area contributed by atoms with Crippen LogP contribution in [0, 0.1) is 22.7 Å². The molecule has 3 nitrogen and oxygen atoms in total. The number of benzene rings is 5. The first-order valence-corrected chi connectivity index (χ1v) is 11.4. The topological polar surface area (TPSA) is 52.5 Å². The van der Waals surface area contributed by atoms with Crippen LogP contribution in [0.1, 0.15) is 11.1 Å². The van der Waals surface area contributed by atoms with Gasteiger partial charge in [0.15, 0.2) is 0 Å². The van der Waals surface area contributed by atoms with Gasteiger partial charge in [0.2, 0.25) is 0 Å². The minimum Gasteiger partial charge on any atom is -0.309 e. The molecule has 0 N–H and O–H groups in total. The van der Waals surface area contributed by atoms with E-state index >= 15 is 0 Å². The van der Waals surface area contributed by atoms with E-state index in [1.807, 2.05) is 48.5 Å². The van der Waals surface area contributed by atoms with Gasteiger partial charge in [-0.1, -0.05) is 72.8 Å². The molecule has 0 aliphatic carbocycles. The van der Waals surface area contributed by atoms with Gasteiger partial charge in [0.05, 0.1) is 34.3 Å². The second kappa shape index (κ2) is 8.34. The van der Waals surface area contributed by atoms with Crippen molar-refractivity contribution in [3.63, 3.8) is 0 Å². The van der Waals surface area contributed by atoms with Gasteiger partial charge in [-0.15, -0.1) is 0 Å². The van der Waals surface area contributed by atoms with Crippen LogP contribution in [0.3, 0.4) is 0 Å². The first-order valence-electron chi connectivity index (χ1n) is 11.4. The molecular weight excluding hydrogens is 426 g/mol. The average Bonchev–Trinajstić information content (AvgIpc) is 3.27. The Balaban J connectivity index is 1.79. The Morgan fingerprint density at radius 1 is 0.543 bits per heavy atom. The van der Waals surface area contributed by atoms with Crippen LogP contribution in [-0.4, -0.2) is 4.57 Å². The van der Waals surface area contributed by atoms with E-state index in [1.165, 1.54) is 0 Å². The highest BCUT2D eigenvalue weighted by Gasteiger charge is 2.20. The third-order valence-corrected chi connectivity index (χ3v) is 6.49. The highest BCUT2D eigenvalue weighted by molar-refractivity contribution is 6.17. The molecule has 0 unspecified atom stereocenters. The fraction of sp³-hybridized carbons (Fsp3) is 0. The number of nitrogens with zero attached hydrogens (tertiary/aromatic N) is 3. The van der Waals surface area contributed by atoms with E-state index in [-0.39, 0.29) is 0 Å². The van der Waals surface area contributed by atoms with Crippen molar-refractivity contribution in [3.05, 3.63) is 126 Å². The molecule has 0 aliphatic rings. The largest absolute Gasteiger partial charge is 0.309 e. The SMILES string of the molecule is N#Cc1cccc(C#N)c1-c1cccc2c1c1cc(-c3ccccc3)ccc1n2-c1ccccc1. The van der Waals surface area contributed by atoms with E-state index in [9.17, 15) is 10.5 Å². The van der Waals surface area contributed by atoms with Crippen LogP contribution in [0.15, 0.2) is 115 Å². The smallest absolute Gasteiger partial charge is 0.0998 e. The number of hydrogen-bond acceptors (Lipinski definition) is 2. The van der Waals surface area contributed by atoms with Crippen LogP contribution in [0.2, 0.25) is 0 Å². The summed E-state index contributed by atoms with van der Waals surface area (Å²) >= 11 is 0. The Bertz CT molecular complexity index is 1770. The molecule has 6 aromatic rings. The van der Waals surface area contributed by atoms with Crippen molar-refractivity contribution < 1.29 is 0 Å². The summed E-state index contributed by atoms with van der Waals surface area (Å²) in [6.07, 6.45) is 0. The van der Waals surface area contributed by atoms with Crippen LogP contribution < -0.4 is 0 Å². The molecule has 0 saturated carbocycles. The molecule has 162 valence electrons. The highest BCUT2D eigenvalue weighted by Crippen LogP contribution is 2.41. The molecule has 0 saturated heterocycles. The van der Waals surface area contributed by atoms with Crippen molar-refractivity contribution in [3.8, 4) is 40.1 Å². The summed E-state index contributed by atoms with van der Waals surface area (Å²) in [4.78, 5) is 0. The number of hydrogen-bond donors (Lipinski definition) is 0. The maximum Gasteiger partial charge on any atom is 0.0998 e. The predicted molar refractivity (Wildman–Crippen MR) is 141 cm³/mol. The molecular formula is C32H19N3. The molecule has 6 rings (SSSR count). The Hall–Kier alpha value is -5.12. The van der Waals surface area contributed by atoms with E-state index in [0.29, 0.717) is 16.7 Å². The van der Waals surface area contributed by atoms with E-state index < -0.39 is 0 Å². The average molecular weight is 446 g/mol. The molecule has 0 bridgehead atoms. The first-order chi connectivity index (χ1) is 17.3. The van der Waals surface area contributed by atoms with E-state index in [1.54, 1.807) is 18.2 Å². The molecule has 5 aromatic carbocycles. The van der Waals surface area contributed by atoms with Gasteiger partial charge in [-0.05, 0) is 59.2 Å². The molecule has 0 spiro atoms. The fourth-order valence-corrected chi connectivity index (χ4v) is 4.97. The zero-order chi connectivity index (χ0) is 23.8. The molecule has 3 heteroatoms. The van der Waals surface area contributed by atoms with Gasteiger partial charge in [0.25, 0.3) is 0 Å². The maximum absolute atomic E-state index is 9.90. The lowest BCUT2D eigenvalue weighted by atomic mass is 9.91. The van der Waals surface area contributed by atoms with Crippen molar-refractivity contribution in [1.29, 1.82) is 10.5 Å². The normalized spacial score (nSPS) is 10.8. The van der Waals surface area contributed by atoms with Gasteiger partial charge >= 0.3 is 0 Å². The van der Waals surface area contributed by atoms with Crippen molar-refractivity contribution in [2.45, 2.75) is 0 Å². The fourth-order valence-electron chi connectivity index (χ4n) is 4.97. The van der Waals surface area contributed by atoms with E-state index in [0.717, 1.165) is 44.2 Å². The van der Waals surface area contributed by atoms with Crippen LogP contribution in [-0.2, 0) is 0 Å². The molecule has 1 aromatic heterocycles. The van der Waals surface area contributed by atoms with Gasteiger partial charge in [-0.2, -0.15) is 10.5 Å². The van der Waals surface area contributed by atoms with E-state index in [2.05, 4.69) is 65.2 Å². The summed E-state index contributed by atoms with van der Waals surface area (Å²) in [6.45, 7) is 0. The lowest BCUT2D eigenvalue weighted by Gasteiger charge is -2.10. The summed E-state index contributed by atoms with van der Waals surface area (Å²) in [5, 5.41) is 21.9. The number of aromatic nitrogens is 1. The van der Waals surface area contributed by atoms with Crippen molar-refractivity contribution >= 4 is 21.8 Å². The molecule has 0 fully saturated rings. The quantitative estimate of drug-likeness (QED) is 0.278. The lowest BCUT2D eigenvalue weighted by molar-refractivity contribution is 1.18. The Kier molecular flexibility index (Phi) is 4.88. The minimum atomic E-state index is 0.497. The summed E-state index contributed by atoms with van der Waals surface area (Å²) in [6, 6.07) is 43.2. The Labute approximate surface area is 203 Å².